The SMILES string of the molecule is CC(C)Cn1c(-c2ccc(Br)cc2)cnc1SC(C)C(=O)N1CCNC1=O. The number of carbonyl (C=O) groups excluding carboxylic acids is 2. The molecule has 1 fully saturated rings. The summed E-state index contributed by atoms with van der Waals surface area (Å²) in [5.74, 6) is 0.252. The van der Waals surface area contributed by atoms with Crippen molar-refractivity contribution in [2.75, 3.05) is 13.1 Å². The Kier molecular flexibility index (Phi) is 6.26. The molecule has 1 aliphatic heterocycles. The van der Waals surface area contributed by atoms with Crippen LogP contribution in [-0.2, 0) is 11.3 Å². The standard InChI is InChI=1S/C19H23BrN4O2S/c1-12(2)11-24-16(14-4-6-15(20)7-5-14)10-22-19(24)27-13(3)17(25)23-9-8-21-18(23)26/h4-7,10,12-13H,8-9,11H2,1-3H3,(H,21,26). The van der Waals surface area contributed by atoms with Gasteiger partial charge < -0.3 is 9.88 Å². The highest BCUT2D eigenvalue weighted by Gasteiger charge is 2.31. The third kappa shape index (κ3) is 4.55. The van der Waals surface area contributed by atoms with Gasteiger partial charge in [-0.3, -0.25) is 9.69 Å². The van der Waals surface area contributed by atoms with Crippen molar-refractivity contribution in [2.24, 2.45) is 5.92 Å². The number of halogens is 1. The molecule has 2 aromatic rings. The van der Waals surface area contributed by atoms with Crippen molar-refractivity contribution in [1.29, 1.82) is 0 Å². The number of hydrogen-bond donors (Lipinski definition) is 1. The van der Waals surface area contributed by atoms with Gasteiger partial charge in [0, 0.05) is 24.1 Å². The summed E-state index contributed by atoms with van der Waals surface area (Å²) < 4.78 is 3.19. The van der Waals surface area contributed by atoms with Crippen LogP contribution >= 0.6 is 27.7 Å². The lowest BCUT2D eigenvalue weighted by Crippen LogP contribution is -2.39. The van der Waals surface area contributed by atoms with Crippen molar-refractivity contribution in [1.82, 2.24) is 19.8 Å². The van der Waals surface area contributed by atoms with Crippen LogP contribution in [0.15, 0.2) is 40.1 Å². The summed E-state index contributed by atoms with van der Waals surface area (Å²) in [6, 6.07) is 7.80. The van der Waals surface area contributed by atoms with Crippen LogP contribution in [0, 0.1) is 5.92 Å². The zero-order valence-corrected chi connectivity index (χ0v) is 18.0. The Balaban J connectivity index is 1.85. The largest absolute Gasteiger partial charge is 0.336 e. The molecule has 0 bridgehead atoms. The van der Waals surface area contributed by atoms with Crippen LogP contribution < -0.4 is 5.32 Å². The van der Waals surface area contributed by atoms with Crippen LogP contribution in [0.1, 0.15) is 20.8 Å². The number of imidazole rings is 1. The van der Waals surface area contributed by atoms with Gasteiger partial charge in [0.2, 0.25) is 5.91 Å². The van der Waals surface area contributed by atoms with Crippen molar-refractivity contribution < 1.29 is 9.59 Å². The van der Waals surface area contributed by atoms with E-state index in [1.54, 1.807) is 0 Å². The van der Waals surface area contributed by atoms with Crippen molar-refractivity contribution in [3.63, 3.8) is 0 Å². The Hall–Kier alpha value is -1.80. The van der Waals surface area contributed by atoms with Gasteiger partial charge >= 0.3 is 6.03 Å². The molecule has 3 rings (SSSR count). The van der Waals surface area contributed by atoms with Crippen LogP contribution in [0.5, 0.6) is 0 Å². The molecule has 27 heavy (non-hydrogen) atoms. The molecule has 1 aromatic carbocycles. The summed E-state index contributed by atoms with van der Waals surface area (Å²) in [7, 11) is 0. The van der Waals surface area contributed by atoms with Gasteiger partial charge in [-0.2, -0.15) is 0 Å². The van der Waals surface area contributed by atoms with Gasteiger partial charge in [0.25, 0.3) is 0 Å². The van der Waals surface area contributed by atoms with Gasteiger partial charge in [-0.1, -0.05) is 53.7 Å². The van der Waals surface area contributed by atoms with Gasteiger partial charge in [-0.25, -0.2) is 9.78 Å². The lowest BCUT2D eigenvalue weighted by Gasteiger charge is -2.19. The minimum atomic E-state index is -0.389. The zero-order valence-electron chi connectivity index (χ0n) is 15.6. The maximum atomic E-state index is 12.6. The van der Waals surface area contributed by atoms with E-state index in [9.17, 15) is 9.59 Å². The second-order valence-electron chi connectivity index (χ2n) is 6.92. The molecule has 0 aliphatic carbocycles. The van der Waals surface area contributed by atoms with E-state index in [0.717, 1.165) is 27.4 Å². The molecule has 0 spiro atoms. The number of imide groups is 1. The lowest BCUT2D eigenvalue weighted by atomic mass is 10.1. The Labute approximate surface area is 171 Å². The third-order valence-corrected chi connectivity index (χ3v) is 5.88. The molecule has 1 aromatic heterocycles. The van der Waals surface area contributed by atoms with Gasteiger partial charge in [-0.15, -0.1) is 0 Å². The first-order valence-electron chi connectivity index (χ1n) is 8.94. The zero-order chi connectivity index (χ0) is 19.6. The molecule has 1 atom stereocenters. The fourth-order valence-electron chi connectivity index (χ4n) is 2.96. The molecule has 1 aliphatic rings. The first-order chi connectivity index (χ1) is 12.9. The minimum absolute atomic E-state index is 0.181. The average Bonchev–Trinajstić information content (AvgIpc) is 3.21. The van der Waals surface area contributed by atoms with E-state index in [2.05, 4.69) is 56.8 Å². The molecule has 2 heterocycles. The predicted octanol–water partition coefficient (Wildman–Crippen LogP) is 4.00. The summed E-state index contributed by atoms with van der Waals surface area (Å²) in [6.45, 7) is 7.88. The number of carbonyl (C=O) groups is 2. The maximum absolute atomic E-state index is 12.6. The van der Waals surface area contributed by atoms with E-state index >= 15 is 0 Å². The number of amides is 3. The number of benzene rings is 1. The molecular weight excluding hydrogens is 428 g/mol. The van der Waals surface area contributed by atoms with Crippen molar-refractivity contribution in [3.05, 3.63) is 34.9 Å². The summed E-state index contributed by atoms with van der Waals surface area (Å²) >= 11 is 4.87. The summed E-state index contributed by atoms with van der Waals surface area (Å²) in [5.41, 5.74) is 2.10. The molecule has 0 saturated carbocycles. The number of hydrogen-bond acceptors (Lipinski definition) is 4. The molecule has 0 radical (unpaired) electrons. The number of urea groups is 1. The van der Waals surface area contributed by atoms with Crippen molar-refractivity contribution in [2.45, 2.75) is 37.7 Å². The van der Waals surface area contributed by atoms with E-state index in [0.29, 0.717) is 19.0 Å². The number of aromatic nitrogens is 2. The molecular formula is C19H23BrN4O2S. The van der Waals surface area contributed by atoms with E-state index in [1.807, 2.05) is 25.3 Å². The molecule has 1 saturated heterocycles. The lowest BCUT2D eigenvalue weighted by molar-refractivity contribution is -0.126. The van der Waals surface area contributed by atoms with Crippen molar-refractivity contribution in [3.8, 4) is 11.3 Å². The molecule has 6 nitrogen and oxygen atoms in total. The number of thioether (sulfide) groups is 1. The molecule has 144 valence electrons. The van der Waals surface area contributed by atoms with Gasteiger partial charge in [0.05, 0.1) is 17.1 Å². The highest BCUT2D eigenvalue weighted by molar-refractivity contribution is 9.10. The van der Waals surface area contributed by atoms with Crippen LogP contribution in [0.3, 0.4) is 0 Å². The number of nitrogens with one attached hydrogen (secondary N) is 1. The summed E-state index contributed by atoms with van der Waals surface area (Å²) in [6.07, 6.45) is 1.85. The first kappa shape index (κ1) is 19.9. The van der Waals surface area contributed by atoms with Crippen LogP contribution in [0.4, 0.5) is 4.79 Å². The molecule has 8 heteroatoms. The summed E-state index contributed by atoms with van der Waals surface area (Å²) in [5, 5.41) is 3.07. The summed E-state index contributed by atoms with van der Waals surface area (Å²) in [4.78, 5) is 30.2. The number of rotatable bonds is 6. The molecule has 3 amide bonds. The smallest absolute Gasteiger partial charge is 0.324 e. The molecule has 1 unspecified atom stereocenters. The van der Waals surface area contributed by atoms with Crippen molar-refractivity contribution >= 4 is 39.6 Å². The predicted molar refractivity (Wildman–Crippen MR) is 111 cm³/mol. The van der Waals surface area contributed by atoms with E-state index in [1.165, 1.54) is 16.7 Å². The fraction of sp³-hybridized carbons (Fsp3) is 0.421. The van der Waals surface area contributed by atoms with Crippen LogP contribution in [-0.4, -0.2) is 44.7 Å². The van der Waals surface area contributed by atoms with E-state index in [-0.39, 0.29) is 17.2 Å². The minimum Gasteiger partial charge on any atom is -0.336 e. The monoisotopic (exact) mass is 450 g/mol. The third-order valence-electron chi connectivity index (χ3n) is 4.26. The Morgan fingerprint density at radius 3 is 2.59 bits per heavy atom. The van der Waals surface area contributed by atoms with Gasteiger partial charge in [-0.05, 0) is 30.5 Å². The van der Waals surface area contributed by atoms with E-state index in [4.69, 9.17) is 0 Å². The fourth-order valence-corrected chi connectivity index (χ4v) is 4.18. The van der Waals surface area contributed by atoms with Gasteiger partial charge in [0.15, 0.2) is 5.16 Å². The highest BCUT2D eigenvalue weighted by atomic mass is 79.9. The topological polar surface area (TPSA) is 67.2 Å². The maximum Gasteiger partial charge on any atom is 0.324 e. The van der Waals surface area contributed by atoms with Crippen LogP contribution in [0.25, 0.3) is 11.3 Å². The van der Waals surface area contributed by atoms with E-state index < -0.39 is 0 Å². The normalized spacial score (nSPS) is 15.3. The quantitative estimate of drug-likeness (QED) is 0.675. The number of nitrogens with zero attached hydrogens (tertiary/aromatic N) is 3. The average molecular weight is 451 g/mol. The second kappa shape index (κ2) is 8.48. The second-order valence-corrected chi connectivity index (χ2v) is 9.14. The van der Waals surface area contributed by atoms with Crippen LogP contribution in [0.2, 0.25) is 0 Å². The molecule has 1 N–H and O–H groups in total. The first-order valence-corrected chi connectivity index (χ1v) is 10.6. The Bertz CT molecular complexity index is 835. The highest BCUT2D eigenvalue weighted by Crippen LogP contribution is 2.31. The Morgan fingerprint density at radius 2 is 2.00 bits per heavy atom. The Morgan fingerprint density at radius 1 is 1.30 bits per heavy atom. The van der Waals surface area contributed by atoms with Gasteiger partial charge in [0.1, 0.15) is 0 Å².